The fourth-order valence-electron chi connectivity index (χ4n) is 2.17. The number of hydrogen-bond donors (Lipinski definition) is 2. The Morgan fingerprint density at radius 1 is 1.07 bits per heavy atom. The number of rotatable bonds is 5. The maximum absolute atomic E-state index is 12.4. The van der Waals surface area contributed by atoms with Crippen LogP contribution in [0.1, 0.15) is 27.6 Å². The van der Waals surface area contributed by atoms with Gasteiger partial charge in [-0.1, -0.05) is 11.6 Å². The lowest BCUT2D eigenvalue weighted by molar-refractivity contribution is -0.384. The Morgan fingerprint density at radius 2 is 1.74 bits per heavy atom. The van der Waals surface area contributed by atoms with Crippen molar-refractivity contribution < 1.29 is 24.0 Å². The highest BCUT2D eigenvalue weighted by atomic mass is 35.5. The summed E-state index contributed by atoms with van der Waals surface area (Å²) >= 11 is 6.04. The molecule has 0 saturated carbocycles. The van der Waals surface area contributed by atoms with Crippen LogP contribution >= 0.6 is 11.6 Å². The number of nitro benzene ring substituents is 1. The van der Waals surface area contributed by atoms with Gasteiger partial charge in [-0.3, -0.25) is 19.7 Å². The summed E-state index contributed by atoms with van der Waals surface area (Å²) in [6, 6.07) is 7.63. The predicted molar refractivity (Wildman–Crippen MR) is 98.1 cm³/mol. The van der Waals surface area contributed by atoms with Gasteiger partial charge in [0.15, 0.2) is 0 Å². The van der Waals surface area contributed by atoms with Crippen LogP contribution in [0.2, 0.25) is 5.02 Å². The van der Waals surface area contributed by atoms with Crippen LogP contribution in [0.25, 0.3) is 0 Å². The number of anilines is 2. The number of amides is 2. The average molecular weight is 392 g/mol. The lowest BCUT2D eigenvalue weighted by atomic mass is 10.1. The minimum atomic E-state index is -0.810. The third-order valence-corrected chi connectivity index (χ3v) is 3.66. The Morgan fingerprint density at radius 3 is 2.30 bits per heavy atom. The summed E-state index contributed by atoms with van der Waals surface area (Å²) in [7, 11) is 1.12. The van der Waals surface area contributed by atoms with Crippen molar-refractivity contribution in [2.24, 2.45) is 0 Å². The molecule has 10 heteroatoms. The Labute approximate surface area is 158 Å². The van der Waals surface area contributed by atoms with E-state index in [2.05, 4.69) is 15.4 Å². The normalized spacial score (nSPS) is 10.0. The first kappa shape index (κ1) is 19.9. The average Bonchev–Trinajstić information content (AvgIpc) is 2.62. The number of carbonyl (C=O) groups excluding carboxylic acids is 3. The van der Waals surface area contributed by atoms with Gasteiger partial charge in [0.1, 0.15) is 0 Å². The second-order valence-corrected chi connectivity index (χ2v) is 5.75. The van der Waals surface area contributed by atoms with Gasteiger partial charge >= 0.3 is 5.97 Å². The van der Waals surface area contributed by atoms with Gasteiger partial charge in [-0.15, -0.1) is 0 Å². The summed E-state index contributed by atoms with van der Waals surface area (Å²) < 4.78 is 4.54. The van der Waals surface area contributed by atoms with Crippen LogP contribution in [-0.4, -0.2) is 29.8 Å². The molecule has 0 aliphatic heterocycles. The van der Waals surface area contributed by atoms with Crippen molar-refractivity contribution in [1.29, 1.82) is 0 Å². The highest BCUT2D eigenvalue weighted by Gasteiger charge is 2.18. The highest BCUT2D eigenvalue weighted by molar-refractivity contribution is 6.34. The minimum Gasteiger partial charge on any atom is -0.465 e. The number of nitrogens with one attached hydrogen (secondary N) is 2. The summed E-state index contributed by atoms with van der Waals surface area (Å²) in [6.45, 7) is 1.33. The lowest BCUT2D eigenvalue weighted by Gasteiger charge is -2.10. The minimum absolute atomic E-state index is 0.105. The Hall–Kier alpha value is -3.46. The van der Waals surface area contributed by atoms with Crippen molar-refractivity contribution in [3.05, 3.63) is 62.7 Å². The molecule has 9 nitrogen and oxygen atoms in total. The first-order valence-electron chi connectivity index (χ1n) is 7.47. The number of halogens is 1. The van der Waals surface area contributed by atoms with Crippen molar-refractivity contribution in [3.63, 3.8) is 0 Å². The van der Waals surface area contributed by atoms with E-state index < -0.39 is 22.5 Å². The fourth-order valence-corrected chi connectivity index (χ4v) is 2.40. The molecule has 0 radical (unpaired) electrons. The van der Waals surface area contributed by atoms with E-state index in [9.17, 15) is 24.5 Å². The molecule has 2 aromatic rings. The van der Waals surface area contributed by atoms with E-state index in [1.807, 2.05) is 0 Å². The summed E-state index contributed by atoms with van der Waals surface area (Å²) in [5.41, 5.74) is 0.000329. The predicted octanol–water partition coefficient (Wildman–Crippen LogP) is 3.25. The molecule has 0 aliphatic rings. The number of methoxy groups -OCH3 is 1. The number of nitrogens with zero attached hydrogens (tertiary/aromatic N) is 1. The number of esters is 1. The number of carbonyl (C=O) groups is 3. The number of non-ortho nitro benzene ring substituents is 1. The fraction of sp³-hybridized carbons (Fsp3) is 0.118. The Bertz CT molecular complexity index is 944. The number of nitro groups is 1. The van der Waals surface area contributed by atoms with Gasteiger partial charge in [0.25, 0.3) is 11.6 Å². The molecule has 27 heavy (non-hydrogen) atoms. The molecule has 140 valence electrons. The molecule has 0 saturated heterocycles. The van der Waals surface area contributed by atoms with Crippen LogP contribution in [0.15, 0.2) is 36.4 Å². The molecule has 0 bridgehead atoms. The van der Waals surface area contributed by atoms with Gasteiger partial charge in [0, 0.05) is 30.3 Å². The summed E-state index contributed by atoms with van der Waals surface area (Å²) in [5.74, 6) is -1.80. The molecule has 0 atom stereocenters. The van der Waals surface area contributed by atoms with E-state index in [-0.39, 0.29) is 22.1 Å². The first-order chi connectivity index (χ1) is 12.7. The quantitative estimate of drug-likeness (QED) is 0.457. The van der Waals surface area contributed by atoms with Crippen molar-refractivity contribution in [2.75, 3.05) is 17.7 Å². The maximum Gasteiger partial charge on any atom is 0.338 e. The number of hydrogen-bond acceptors (Lipinski definition) is 6. The third-order valence-electron chi connectivity index (χ3n) is 3.35. The zero-order valence-corrected chi connectivity index (χ0v) is 15.0. The number of ether oxygens (including phenoxy) is 1. The van der Waals surface area contributed by atoms with Crippen LogP contribution in [-0.2, 0) is 9.53 Å². The van der Waals surface area contributed by atoms with Gasteiger partial charge in [-0.25, -0.2) is 4.79 Å². The first-order valence-corrected chi connectivity index (χ1v) is 7.85. The van der Waals surface area contributed by atoms with Gasteiger partial charge in [-0.05, 0) is 24.3 Å². The van der Waals surface area contributed by atoms with Crippen LogP contribution < -0.4 is 10.6 Å². The van der Waals surface area contributed by atoms with E-state index in [4.69, 9.17) is 11.6 Å². The van der Waals surface area contributed by atoms with Crippen LogP contribution in [0.3, 0.4) is 0 Å². The van der Waals surface area contributed by atoms with E-state index in [1.54, 1.807) is 0 Å². The smallest absolute Gasteiger partial charge is 0.338 e. The lowest BCUT2D eigenvalue weighted by Crippen LogP contribution is -2.14. The molecule has 0 fully saturated rings. The summed E-state index contributed by atoms with van der Waals surface area (Å²) in [5, 5.41) is 16.3. The largest absolute Gasteiger partial charge is 0.465 e. The topological polar surface area (TPSA) is 128 Å². The SMILES string of the molecule is COC(=O)c1cc(C(=O)Nc2ccc(NC(C)=O)c(Cl)c2)cc([N+](=O)[O-])c1. The third kappa shape index (κ3) is 5.02. The summed E-state index contributed by atoms with van der Waals surface area (Å²) in [4.78, 5) is 45.5. The van der Waals surface area contributed by atoms with Crippen LogP contribution in [0.4, 0.5) is 17.1 Å². The Kier molecular flexibility index (Phi) is 6.09. The number of benzene rings is 2. The molecule has 0 aliphatic carbocycles. The van der Waals surface area contributed by atoms with E-state index in [0.29, 0.717) is 11.4 Å². The molecule has 2 N–H and O–H groups in total. The molecule has 0 unspecified atom stereocenters. The molecule has 0 spiro atoms. The van der Waals surface area contributed by atoms with Crippen molar-refractivity contribution in [1.82, 2.24) is 0 Å². The van der Waals surface area contributed by atoms with E-state index in [0.717, 1.165) is 19.2 Å². The van der Waals surface area contributed by atoms with Gasteiger partial charge in [0.2, 0.25) is 5.91 Å². The van der Waals surface area contributed by atoms with Crippen molar-refractivity contribution >= 4 is 46.4 Å². The summed E-state index contributed by atoms with van der Waals surface area (Å²) in [6.07, 6.45) is 0. The van der Waals surface area contributed by atoms with E-state index >= 15 is 0 Å². The highest BCUT2D eigenvalue weighted by Crippen LogP contribution is 2.26. The van der Waals surface area contributed by atoms with Gasteiger partial charge in [-0.2, -0.15) is 0 Å². The van der Waals surface area contributed by atoms with E-state index in [1.165, 1.54) is 31.2 Å². The molecule has 0 aromatic heterocycles. The molecule has 2 aromatic carbocycles. The second kappa shape index (κ2) is 8.28. The maximum atomic E-state index is 12.4. The molecule has 0 heterocycles. The zero-order chi connectivity index (χ0) is 20.1. The van der Waals surface area contributed by atoms with Crippen LogP contribution in [0, 0.1) is 10.1 Å². The van der Waals surface area contributed by atoms with Gasteiger partial charge in [0.05, 0.1) is 28.3 Å². The van der Waals surface area contributed by atoms with Crippen molar-refractivity contribution in [3.8, 4) is 0 Å². The second-order valence-electron chi connectivity index (χ2n) is 5.35. The van der Waals surface area contributed by atoms with Crippen LogP contribution in [0.5, 0.6) is 0 Å². The molecular formula is C17H14ClN3O6. The molecular weight excluding hydrogens is 378 g/mol. The monoisotopic (exact) mass is 391 g/mol. The standard InChI is InChI=1S/C17H14ClN3O6/c1-9(22)19-15-4-3-12(8-14(15)18)20-16(23)10-5-11(17(24)27-2)7-13(6-10)21(25)26/h3-8H,1-2H3,(H,19,22)(H,20,23). The van der Waals surface area contributed by atoms with Gasteiger partial charge < -0.3 is 15.4 Å². The Balaban J connectivity index is 2.31. The van der Waals surface area contributed by atoms with Crippen molar-refractivity contribution in [2.45, 2.75) is 6.92 Å². The molecule has 2 rings (SSSR count). The zero-order valence-electron chi connectivity index (χ0n) is 14.2. The molecule has 2 amide bonds.